The lowest BCUT2D eigenvalue weighted by Gasteiger charge is -2.28. The molecule has 0 atom stereocenters. The molecule has 0 aliphatic carbocycles. The van der Waals surface area contributed by atoms with Crippen molar-refractivity contribution in [1.82, 2.24) is 10.2 Å². The van der Waals surface area contributed by atoms with Gasteiger partial charge < -0.3 is 10.2 Å². The minimum atomic E-state index is -3.79. The van der Waals surface area contributed by atoms with Crippen molar-refractivity contribution in [3.63, 3.8) is 0 Å². The van der Waals surface area contributed by atoms with Crippen LogP contribution >= 0.6 is 0 Å². The zero-order valence-electron chi connectivity index (χ0n) is 15.4. The summed E-state index contributed by atoms with van der Waals surface area (Å²) in [5.74, 6) is 0.703. The zero-order valence-corrected chi connectivity index (χ0v) is 16.2. The first-order valence-corrected chi connectivity index (χ1v) is 10.4. The van der Waals surface area contributed by atoms with Gasteiger partial charge in [0.05, 0.1) is 4.90 Å². The Bertz CT molecular complexity index is 929. The maximum absolute atomic E-state index is 12.7. The molecule has 0 fully saturated rings. The van der Waals surface area contributed by atoms with E-state index in [4.69, 9.17) is 0 Å². The number of amides is 1. The SMILES string of the molecule is CCCNc1ccc(NS(=O)(=O)c2ccc3c(c2)CCCN3C(C)=O)nn1. The van der Waals surface area contributed by atoms with Gasteiger partial charge in [0.15, 0.2) is 5.82 Å². The standard InChI is InChI=1S/C18H23N5O3S/c1-3-10-19-17-8-9-18(21-20-17)22-27(25,26)15-6-7-16-14(12-15)5-4-11-23(16)13(2)24/h6-9,12H,3-5,10-11H2,1-2H3,(H,19,20)(H,21,22). The molecule has 1 aromatic heterocycles. The second-order valence-corrected chi connectivity index (χ2v) is 8.08. The van der Waals surface area contributed by atoms with E-state index in [1.54, 1.807) is 29.2 Å². The number of anilines is 3. The number of carbonyl (C=O) groups is 1. The maximum Gasteiger partial charge on any atom is 0.263 e. The topological polar surface area (TPSA) is 104 Å². The summed E-state index contributed by atoms with van der Waals surface area (Å²) in [6.45, 7) is 4.98. The minimum absolute atomic E-state index is 0.0447. The molecule has 0 radical (unpaired) electrons. The fourth-order valence-corrected chi connectivity index (χ4v) is 4.05. The molecular weight excluding hydrogens is 366 g/mol. The largest absolute Gasteiger partial charge is 0.369 e. The molecule has 8 nitrogen and oxygen atoms in total. The maximum atomic E-state index is 12.7. The summed E-state index contributed by atoms with van der Waals surface area (Å²) in [5.41, 5.74) is 1.63. The second-order valence-electron chi connectivity index (χ2n) is 6.40. The summed E-state index contributed by atoms with van der Waals surface area (Å²) in [7, 11) is -3.79. The number of hydrogen-bond acceptors (Lipinski definition) is 6. The van der Waals surface area contributed by atoms with E-state index in [1.165, 1.54) is 13.0 Å². The molecule has 3 rings (SSSR count). The van der Waals surface area contributed by atoms with Crippen LogP contribution in [0.4, 0.5) is 17.3 Å². The van der Waals surface area contributed by atoms with Crippen molar-refractivity contribution in [1.29, 1.82) is 0 Å². The van der Waals surface area contributed by atoms with E-state index >= 15 is 0 Å². The van der Waals surface area contributed by atoms with Crippen molar-refractivity contribution < 1.29 is 13.2 Å². The third kappa shape index (κ3) is 4.36. The fourth-order valence-electron chi connectivity index (χ4n) is 3.00. The molecule has 2 N–H and O–H groups in total. The Morgan fingerprint density at radius 2 is 1.93 bits per heavy atom. The molecule has 0 spiro atoms. The van der Waals surface area contributed by atoms with E-state index in [0.717, 1.165) is 37.1 Å². The highest BCUT2D eigenvalue weighted by atomic mass is 32.2. The van der Waals surface area contributed by atoms with Crippen LogP contribution in [0.25, 0.3) is 0 Å². The predicted octanol–water partition coefficient (Wildman–Crippen LogP) is 2.40. The smallest absolute Gasteiger partial charge is 0.263 e. The number of nitrogens with one attached hydrogen (secondary N) is 2. The van der Waals surface area contributed by atoms with E-state index in [0.29, 0.717) is 12.4 Å². The molecular formula is C18H23N5O3S. The van der Waals surface area contributed by atoms with Gasteiger partial charge in [0.25, 0.3) is 10.0 Å². The van der Waals surface area contributed by atoms with Crippen LogP contribution in [0.5, 0.6) is 0 Å². The van der Waals surface area contributed by atoms with Gasteiger partial charge in [0.1, 0.15) is 5.82 Å². The van der Waals surface area contributed by atoms with Gasteiger partial charge in [-0.25, -0.2) is 8.42 Å². The van der Waals surface area contributed by atoms with E-state index < -0.39 is 10.0 Å². The van der Waals surface area contributed by atoms with E-state index in [2.05, 4.69) is 20.2 Å². The normalized spacial score (nSPS) is 13.8. The average molecular weight is 389 g/mol. The number of rotatable bonds is 6. The number of hydrogen-bond donors (Lipinski definition) is 2. The lowest BCUT2D eigenvalue weighted by atomic mass is 10.0. The average Bonchev–Trinajstić information content (AvgIpc) is 2.66. The van der Waals surface area contributed by atoms with Crippen LogP contribution in [-0.4, -0.2) is 37.6 Å². The number of aromatic nitrogens is 2. The van der Waals surface area contributed by atoms with Gasteiger partial charge in [-0.2, -0.15) is 0 Å². The van der Waals surface area contributed by atoms with E-state index in [1.807, 2.05) is 6.92 Å². The van der Waals surface area contributed by atoms with Crippen LogP contribution in [0.1, 0.15) is 32.3 Å². The zero-order chi connectivity index (χ0) is 19.4. The van der Waals surface area contributed by atoms with Gasteiger partial charge in [-0.1, -0.05) is 6.92 Å². The van der Waals surface area contributed by atoms with Crippen molar-refractivity contribution in [2.45, 2.75) is 38.0 Å². The van der Waals surface area contributed by atoms with Gasteiger partial charge in [0, 0.05) is 25.7 Å². The molecule has 2 heterocycles. The number of nitrogens with zero attached hydrogens (tertiary/aromatic N) is 3. The molecule has 0 unspecified atom stereocenters. The van der Waals surface area contributed by atoms with E-state index in [9.17, 15) is 13.2 Å². The highest BCUT2D eigenvalue weighted by Crippen LogP contribution is 2.30. The number of sulfonamides is 1. The summed E-state index contributed by atoms with van der Waals surface area (Å²) in [6.07, 6.45) is 2.50. The minimum Gasteiger partial charge on any atom is -0.369 e. The Balaban J connectivity index is 1.80. The predicted molar refractivity (Wildman–Crippen MR) is 104 cm³/mol. The molecule has 1 aliphatic heterocycles. The van der Waals surface area contributed by atoms with Crippen LogP contribution < -0.4 is 14.9 Å². The van der Waals surface area contributed by atoms with Crippen molar-refractivity contribution in [2.24, 2.45) is 0 Å². The Morgan fingerprint density at radius 1 is 1.19 bits per heavy atom. The van der Waals surface area contributed by atoms with Gasteiger partial charge in [-0.05, 0) is 55.2 Å². The first-order valence-electron chi connectivity index (χ1n) is 8.92. The molecule has 1 aromatic carbocycles. The third-order valence-corrected chi connectivity index (χ3v) is 5.67. The summed E-state index contributed by atoms with van der Waals surface area (Å²) in [6, 6.07) is 8.06. The molecule has 144 valence electrons. The molecule has 0 saturated heterocycles. The van der Waals surface area contributed by atoms with Crippen LogP contribution in [0, 0.1) is 0 Å². The summed E-state index contributed by atoms with van der Waals surface area (Å²) in [4.78, 5) is 13.6. The summed E-state index contributed by atoms with van der Waals surface area (Å²) in [5, 5.41) is 11.0. The molecule has 0 saturated carbocycles. The first-order chi connectivity index (χ1) is 12.9. The first kappa shape index (κ1) is 19.1. The Morgan fingerprint density at radius 3 is 2.59 bits per heavy atom. The Labute approximate surface area is 159 Å². The molecule has 1 aliphatic rings. The molecule has 9 heteroatoms. The lowest BCUT2D eigenvalue weighted by Crippen LogP contribution is -2.33. The lowest BCUT2D eigenvalue weighted by molar-refractivity contribution is -0.116. The summed E-state index contributed by atoms with van der Waals surface area (Å²) < 4.78 is 27.8. The fraction of sp³-hybridized carbons (Fsp3) is 0.389. The van der Waals surface area contributed by atoms with Crippen molar-refractivity contribution >= 4 is 33.3 Å². The number of carbonyl (C=O) groups excluding carboxylic acids is 1. The van der Waals surface area contributed by atoms with Crippen LogP contribution in [0.2, 0.25) is 0 Å². The van der Waals surface area contributed by atoms with Gasteiger partial charge in [-0.3, -0.25) is 9.52 Å². The number of aryl methyl sites for hydroxylation is 1. The second kappa shape index (κ2) is 7.91. The molecule has 27 heavy (non-hydrogen) atoms. The molecule has 0 bridgehead atoms. The highest BCUT2D eigenvalue weighted by Gasteiger charge is 2.23. The quantitative estimate of drug-likeness (QED) is 0.786. The number of fused-ring (bicyclic) bond motifs is 1. The van der Waals surface area contributed by atoms with Crippen molar-refractivity contribution in [3.05, 3.63) is 35.9 Å². The van der Waals surface area contributed by atoms with Crippen LogP contribution in [-0.2, 0) is 21.2 Å². The van der Waals surface area contributed by atoms with Gasteiger partial charge in [-0.15, -0.1) is 10.2 Å². The summed E-state index contributed by atoms with van der Waals surface area (Å²) >= 11 is 0. The monoisotopic (exact) mass is 389 g/mol. The highest BCUT2D eigenvalue weighted by molar-refractivity contribution is 7.92. The van der Waals surface area contributed by atoms with Gasteiger partial charge >= 0.3 is 0 Å². The van der Waals surface area contributed by atoms with E-state index in [-0.39, 0.29) is 16.6 Å². The Hall–Kier alpha value is -2.68. The van der Waals surface area contributed by atoms with Crippen LogP contribution in [0.3, 0.4) is 0 Å². The van der Waals surface area contributed by atoms with Crippen LogP contribution in [0.15, 0.2) is 35.2 Å². The molecule has 2 aromatic rings. The molecule has 1 amide bonds. The third-order valence-electron chi connectivity index (χ3n) is 4.32. The van der Waals surface area contributed by atoms with Crippen molar-refractivity contribution in [2.75, 3.05) is 28.0 Å². The number of benzene rings is 1. The Kier molecular flexibility index (Phi) is 5.59. The van der Waals surface area contributed by atoms with Crippen molar-refractivity contribution in [3.8, 4) is 0 Å². The van der Waals surface area contributed by atoms with Gasteiger partial charge in [0.2, 0.25) is 5.91 Å².